The first-order valence-corrected chi connectivity index (χ1v) is 7.37. The topological polar surface area (TPSA) is 103 Å². The highest BCUT2D eigenvalue weighted by atomic mass is 19.4. The number of aromatic nitrogens is 1. The Morgan fingerprint density at radius 1 is 1.33 bits per heavy atom. The number of hydrogen-bond donors (Lipinski definition) is 3. The molecular weight excluding hydrogens is 332 g/mol. The van der Waals surface area contributed by atoms with E-state index in [1.807, 2.05) is 0 Å². The van der Waals surface area contributed by atoms with Gasteiger partial charge in [0.25, 0.3) is 5.91 Å². The maximum atomic E-state index is 14.1. The number of alkyl halides is 3. The molecule has 1 aliphatic rings. The molecule has 6 nitrogen and oxygen atoms in total. The van der Waals surface area contributed by atoms with Crippen LogP contribution in [0.4, 0.5) is 23.4 Å². The van der Waals surface area contributed by atoms with E-state index in [9.17, 15) is 22.4 Å². The Morgan fingerprint density at radius 3 is 2.50 bits per heavy atom. The summed E-state index contributed by atoms with van der Waals surface area (Å²) >= 11 is 0. The Bertz CT molecular complexity index is 601. The van der Waals surface area contributed by atoms with Crippen molar-refractivity contribution in [3.8, 4) is 5.88 Å². The monoisotopic (exact) mass is 350 g/mol. The first-order chi connectivity index (χ1) is 11.2. The molecule has 0 radical (unpaired) electrons. The van der Waals surface area contributed by atoms with Gasteiger partial charge in [-0.05, 0) is 31.7 Å². The Labute approximate surface area is 135 Å². The van der Waals surface area contributed by atoms with E-state index in [0.717, 1.165) is 18.9 Å². The van der Waals surface area contributed by atoms with Crippen LogP contribution in [0, 0.1) is 5.82 Å². The van der Waals surface area contributed by atoms with Gasteiger partial charge in [-0.15, -0.1) is 0 Å². The van der Waals surface area contributed by atoms with Crippen LogP contribution in [0.15, 0.2) is 6.07 Å². The van der Waals surface area contributed by atoms with Crippen LogP contribution in [-0.4, -0.2) is 35.8 Å². The minimum absolute atomic E-state index is 0.0868. The molecule has 24 heavy (non-hydrogen) atoms. The van der Waals surface area contributed by atoms with Crippen LogP contribution >= 0.6 is 0 Å². The summed E-state index contributed by atoms with van der Waals surface area (Å²) in [5.41, 5.74) is 10.3. The zero-order chi connectivity index (χ0) is 17.9. The molecule has 0 aromatic carbocycles. The molecule has 0 bridgehead atoms. The molecule has 1 saturated carbocycles. The Morgan fingerprint density at radius 2 is 1.96 bits per heavy atom. The van der Waals surface area contributed by atoms with Crippen molar-refractivity contribution in [2.24, 2.45) is 11.5 Å². The average Bonchev–Trinajstić information content (AvgIpc) is 2.48. The smallest absolute Gasteiger partial charge is 0.422 e. The molecule has 5 N–H and O–H groups in total. The third-order valence-corrected chi connectivity index (χ3v) is 3.69. The molecule has 1 fully saturated rings. The van der Waals surface area contributed by atoms with Crippen molar-refractivity contribution in [1.82, 2.24) is 4.98 Å². The number of pyridine rings is 1. The molecule has 10 heteroatoms. The SMILES string of the molecule is NC(=O)c1cc(F)c(N[C@H]2CC[C@H](N)CC2)nc1OCC(F)(F)F. The van der Waals surface area contributed by atoms with Crippen molar-refractivity contribution >= 4 is 11.7 Å². The molecule has 0 saturated heterocycles. The summed E-state index contributed by atoms with van der Waals surface area (Å²) in [6.45, 7) is -1.66. The third-order valence-electron chi connectivity index (χ3n) is 3.69. The van der Waals surface area contributed by atoms with Gasteiger partial charge in [-0.1, -0.05) is 0 Å². The van der Waals surface area contributed by atoms with E-state index in [1.165, 1.54) is 0 Å². The van der Waals surface area contributed by atoms with Crippen LogP contribution in [0.3, 0.4) is 0 Å². The maximum Gasteiger partial charge on any atom is 0.422 e. The number of rotatable bonds is 5. The predicted molar refractivity (Wildman–Crippen MR) is 78.1 cm³/mol. The minimum atomic E-state index is -4.63. The van der Waals surface area contributed by atoms with Gasteiger partial charge in [0, 0.05) is 12.1 Å². The lowest BCUT2D eigenvalue weighted by molar-refractivity contribution is -0.154. The number of hydrogen-bond acceptors (Lipinski definition) is 5. The molecule has 2 rings (SSSR count). The quantitative estimate of drug-likeness (QED) is 0.704. The number of carbonyl (C=O) groups is 1. The molecular formula is C14H18F4N4O2. The number of nitrogens with one attached hydrogen (secondary N) is 1. The maximum absolute atomic E-state index is 14.1. The average molecular weight is 350 g/mol. The number of carbonyl (C=O) groups excluding carboxylic acids is 1. The van der Waals surface area contributed by atoms with Gasteiger partial charge in [0.05, 0.1) is 0 Å². The number of primary amides is 1. The fourth-order valence-corrected chi connectivity index (χ4v) is 2.47. The summed E-state index contributed by atoms with van der Waals surface area (Å²) < 4.78 is 55.4. The van der Waals surface area contributed by atoms with Gasteiger partial charge in [0.1, 0.15) is 5.56 Å². The molecule has 1 aromatic heterocycles. The summed E-state index contributed by atoms with van der Waals surface area (Å²) in [5.74, 6) is -2.96. The highest BCUT2D eigenvalue weighted by molar-refractivity contribution is 5.95. The Hall–Kier alpha value is -2.10. The number of nitrogens with zero attached hydrogens (tertiary/aromatic N) is 1. The molecule has 0 unspecified atom stereocenters. The van der Waals surface area contributed by atoms with Crippen LogP contribution in [0.1, 0.15) is 36.0 Å². The molecule has 0 aliphatic heterocycles. The first-order valence-electron chi connectivity index (χ1n) is 7.37. The number of anilines is 1. The molecule has 0 spiro atoms. The summed E-state index contributed by atoms with van der Waals surface area (Å²) in [5, 5.41) is 2.82. The molecule has 134 valence electrons. The van der Waals surface area contributed by atoms with E-state index in [4.69, 9.17) is 11.5 Å². The second-order valence-corrected chi connectivity index (χ2v) is 5.70. The molecule has 1 amide bonds. The van der Waals surface area contributed by atoms with E-state index in [2.05, 4.69) is 15.0 Å². The largest absolute Gasteiger partial charge is 0.467 e. The van der Waals surface area contributed by atoms with Gasteiger partial charge in [-0.3, -0.25) is 4.79 Å². The Kier molecular flexibility index (Phi) is 5.47. The normalized spacial score (nSPS) is 21.4. The van der Waals surface area contributed by atoms with E-state index in [0.29, 0.717) is 12.8 Å². The second kappa shape index (κ2) is 7.20. The zero-order valence-electron chi connectivity index (χ0n) is 12.7. The Balaban J connectivity index is 2.20. The van der Waals surface area contributed by atoms with Crippen molar-refractivity contribution in [3.63, 3.8) is 0 Å². The number of amides is 1. The fraction of sp³-hybridized carbons (Fsp3) is 0.571. The van der Waals surface area contributed by atoms with E-state index in [-0.39, 0.29) is 17.9 Å². The van der Waals surface area contributed by atoms with Crippen molar-refractivity contribution < 1.29 is 27.1 Å². The zero-order valence-corrected chi connectivity index (χ0v) is 12.7. The van der Waals surface area contributed by atoms with Gasteiger partial charge in [-0.2, -0.15) is 18.2 Å². The molecule has 0 atom stereocenters. The second-order valence-electron chi connectivity index (χ2n) is 5.70. The highest BCUT2D eigenvalue weighted by Gasteiger charge is 2.30. The highest BCUT2D eigenvalue weighted by Crippen LogP contribution is 2.27. The van der Waals surface area contributed by atoms with Gasteiger partial charge in [0.2, 0.25) is 5.88 Å². The first kappa shape index (κ1) is 18.2. The fourth-order valence-electron chi connectivity index (χ4n) is 2.47. The summed E-state index contributed by atoms with van der Waals surface area (Å²) in [7, 11) is 0. The summed E-state index contributed by atoms with van der Waals surface area (Å²) in [4.78, 5) is 14.9. The van der Waals surface area contributed by atoms with Crippen LogP contribution in [0.25, 0.3) is 0 Å². The third kappa shape index (κ3) is 4.95. The van der Waals surface area contributed by atoms with Crippen molar-refractivity contribution in [2.75, 3.05) is 11.9 Å². The van der Waals surface area contributed by atoms with Gasteiger partial charge in [0.15, 0.2) is 18.2 Å². The van der Waals surface area contributed by atoms with Crippen molar-refractivity contribution in [1.29, 1.82) is 0 Å². The minimum Gasteiger partial charge on any atom is -0.467 e. The lowest BCUT2D eigenvalue weighted by atomic mass is 9.92. The van der Waals surface area contributed by atoms with E-state index < -0.39 is 36.0 Å². The standard InChI is InChI=1S/C14H18F4N4O2/c15-10-5-9(11(20)23)13(24-6-14(16,17)18)22-12(10)21-8-3-1-7(19)2-4-8/h5,7-8H,1-4,6,19H2,(H2,20,23)(H,21,22)/t7-,8-. The molecule has 1 heterocycles. The summed E-state index contributed by atoms with van der Waals surface area (Å²) in [6, 6.07) is 0.697. The van der Waals surface area contributed by atoms with Crippen molar-refractivity contribution in [2.45, 2.75) is 43.9 Å². The van der Waals surface area contributed by atoms with Crippen LogP contribution < -0.4 is 21.5 Å². The van der Waals surface area contributed by atoms with Gasteiger partial charge < -0.3 is 21.5 Å². The molecule has 1 aromatic rings. The number of ether oxygens (including phenoxy) is 1. The number of nitrogens with two attached hydrogens (primary N) is 2. The lowest BCUT2D eigenvalue weighted by Crippen LogP contribution is -2.33. The van der Waals surface area contributed by atoms with Crippen LogP contribution in [0.5, 0.6) is 5.88 Å². The molecule has 1 aliphatic carbocycles. The lowest BCUT2D eigenvalue weighted by Gasteiger charge is -2.27. The number of halogens is 4. The van der Waals surface area contributed by atoms with E-state index >= 15 is 0 Å². The van der Waals surface area contributed by atoms with Crippen LogP contribution in [0.2, 0.25) is 0 Å². The summed E-state index contributed by atoms with van der Waals surface area (Å²) in [6.07, 6.45) is -1.78. The predicted octanol–water partition coefficient (Wildman–Crippen LogP) is 1.94. The van der Waals surface area contributed by atoms with Gasteiger partial charge >= 0.3 is 6.18 Å². The van der Waals surface area contributed by atoms with Gasteiger partial charge in [-0.25, -0.2) is 4.39 Å². The van der Waals surface area contributed by atoms with Crippen LogP contribution in [-0.2, 0) is 0 Å². The van der Waals surface area contributed by atoms with Crippen molar-refractivity contribution in [3.05, 3.63) is 17.4 Å². The van der Waals surface area contributed by atoms with E-state index in [1.54, 1.807) is 0 Å².